The van der Waals surface area contributed by atoms with Crippen molar-refractivity contribution in [3.8, 4) is 11.5 Å². The highest BCUT2D eigenvalue weighted by Crippen LogP contribution is 2.36. The molecule has 0 spiro atoms. The van der Waals surface area contributed by atoms with Gasteiger partial charge in [0.15, 0.2) is 11.5 Å². The maximum absolute atomic E-state index is 13.2. The molecule has 0 fully saturated rings. The van der Waals surface area contributed by atoms with Crippen LogP contribution in [-0.2, 0) is 4.79 Å². The molecule has 0 unspecified atom stereocenters. The van der Waals surface area contributed by atoms with Crippen molar-refractivity contribution in [2.45, 2.75) is 19.3 Å². The van der Waals surface area contributed by atoms with Crippen LogP contribution in [-0.4, -0.2) is 18.6 Å². The lowest BCUT2D eigenvalue weighted by Crippen LogP contribution is -2.22. The molecule has 2 N–H and O–H groups in total. The van der Waals surface area contributed by atoms with Gasteiger partial charge >= 0.3 is 0 Å². The number of ether oxygens (including phenoxy) is 2. The third kappa shape index (κ3) is 4.01. The molecule has 7 heteroatoms. The lowest BCUT2D eigenvalue weighted by molar-refractivity contribution is -0.117. The summed E-state index contributed by atoms with van der Waals surface area (Å²) in [6, 6.07) is 21.9. The van der Waals surface area contributed by atoms with E-state index in [0.717, 1.165) is 5.56 Å². The van der Waals surface area contributed by atoms with Crippen LogP contribution in [0.15, 0.2) is 77.2 Å². The molecular formula is C26H22N2O5. The van der Waals surface area contributed by atoms with Crippen LogP contribution >= 0.6 is 0 Å². The van der Waals surface area contributed by atoms with E-state index in [1.54, 1.807) is 24.3 Å². The molecule has 166 valence electrons. The molecule has 3 aromatic carbocycles. The Labute approximate surface area is 190 Å². The minimum atomic E-state index is -0.479. The molecule has 1 aliphatic heterocycles. The molecule has 1 atom stereocenters. The summed E-state index contributed by atoms with van der Waals surface area (Å²) in [6.45, 7) is 2.10. The molecule has 0 bridgehead atoms. The Kier molecular flexibility index (Phi) is 5.44. The van der Waals surface area contributed by atoms with E-state index in [2.05, 4.69) is 10.6 Å². The number of nitrogens with one attached hydrogen (secondary N) is 2. The summed E-state index contributed by atoms with van der Waals surface area (Å²) in [5.41, 5.74) is 2.30. The van der Waals surface area contributed by atoms with Gasteiger partial charge in [-0.05, 0) is 36.2 Å². The second-order valence-corrected chi connectivity index (χ2v) is 7.69. The smallest absolute Gasteiger partial charge is 0.293 e. The molecule has 1 aliphatic rings. The second-order valence-electron chi connectivity index (χ2n) is 7.69. The predicted molar refractivity (Wildman–Crippen MR) is 125 cm³/mol. The molecule has 1 aromatic heterocycles. The van der Waals surface area contributed by atoms with Crippen molar-refractivity contribution >= 4 is 34.2 Å². The number of hydrogen-bond acceptors (Lipinski definition) is 5. The van der Waals surface area contributed by atoms with Gasteiger partial charge in [0.05, 0.1) is 5.92 Å². The number of rotatable bonds is 6. The van der Waals surface area contributed by atoms with E-state index in [1.165, 1.54) is 0 Å². The van der Waals surface area contributed by atoms with Gasteiger partial charge in [-0.2, -0.15) is 0 Å². The summed E-state index contributed by atoms with van der Waals surface area (Å²) in [5, 5.41) is 6.43. The van der Waals surface area contributed by atoms with Crippen molar-refractivity contribution in [3.63, 3.8) is 0 Å². The van der Waals surface area contributed by atoms with Crippen molar-refractivity contribution in [2.24, 2.45) is 0 Å². The van der Waals surface area contributed by atoms with E-state index in [0.29, 0.717) is 40.3 Å². The fourth-order valence-electron chi connectivity index (χ4n) is 3.96. The highest BCUT2D eigenvalue weighted by atomic mass is 16.7. The third-order valence-corrected chi connectivity index (χ3v) is 5.61. The molecule has 5 rings (SSSR count). The molecule has 2 amide bonds. The van der Waals surface area contributed by atoms with Gasteiger partial charge in [0.2, 0.25) is 18.5 Å². The summed E-state index contributed by atoms with van der Waals surface area (Å²) in [7, 11) is 0. The molecule has 0 saturated heterocycles. The maximum atomic E-state index is 13.2. The average Bonchev–Trinajstić information content (AvgIpc) is 3.45. The zero-order chi connectivity index (χ0) is 22.8. The van der Waals surface area contributed by atoms with E-state index in [4.69, 9.17) is 13.9 Å². The predicted octanol–water partition coefficient (Wildman–Crippen LogP) is 5.55. The zero-order valence-electron chi connectivity index (χ0n) is 18.0. The van der Waals surface area contributed by atoms with Crippen LogP contribution in [0.5, 0.6) is 11.5 Å². The number of carbonyl (C=O) groups excluding carboxylic acids is 2. The average molecular weight is 442 g/mol. The van der Waals surface area contributed by atoms with Crippen molar-refractivity contribution in [2.75, 3.05) is 17.4 Å². The number of furan rings is 1. The third-order valence-electron chi connectivity index (χ3n) is 5.61. The molecule has 0 radical (unpaired) electrons. The second kappa shape index (κ2) is 8.70. The van der Waals surface area contributed by atoms with E-state index in [-0.39, 0.29) is 24.4 Å². The number of para-hydroxylation sites is 1. The molecular weight excluding hydrogens is 420 g/mol. The number of carbonyl (C=O) groups is 2. The molecule has 33 heavy (non-hydrogen) atoms. The van der Waals surface area contributed by atoms with Crippen molar-refractivity contribution in [1.82, 2.24) is 0 Å². The molecule has 4 aromatic rings. The zero-order valence-corrected chi connectivity index (χ0v) is 18.0. The minimum Gasteiger partial charge on any atom is -0.454 e. The maximum Gasteiger partial charge on any atom is 0.293 e. The molecule has 0 aliphatic carbocycles. The standard InChI is InChI=1S/C26H22N2O5/c1-2-18(16-8-4-3-5-9-16)25(29)28-23-19-10-6-7-11-20(19)33-24(23)26(30)27-17-12-13-21-22(14-17)32-15-31-21/h3-14,18H,2,15H2,1H3,(H,27,30)(H,28,29)/t18-/m1/s1. The topological polar surface area (TPSA) is 89.8 Å². The molecule has 0 saturated carbocycles. The monoisotopic (exact) mass is 442 g/mol. The molecule has 2 heterocycles. The lowest BCUT2D eigenvalue weighted by atomic mass is 9.95. The number of anilines is 2. The Balaban J connectivity index is 1.46. The van der Waals surface area contributed by atoms with E-state index < -0.39 is 5.91 Å². The first kappa shape index (κ1) is 20.6. The number of amides is 2. The van der Waals surface area contributed by atoms with Gasteiger partial charge in [-0.25, -0.2) is 0 Å². The first-order valence-corrected chi connectivity index (χ1v) is 10.7. The fourth-order valence-corrected chi connectivity index (χ4v) is 3.96. The van der Waals surface area contributed by atoms with E-state index >= 15 is 0 Å². The molecule has 7 nitrogen and oxygen atoms in total. The number of fused-ring (bicyclic) bond motifs is 2. The Bertz CT molecular complexity index is 1330. The normalized spacial score (nSPS) is 13.0. The van der Waals surface area contributed by atoms with Crippen molar-refractivity contribution < 1.29 is 23.5 Å². The van der Waals surface area contributed by atoms with Gasteiger partial charge < -0.3 is 24.5 Å². The van der Waals surface area contributed by atoms with Gasteiger partial charge in [0, 0.05) is 17.1 Å². The van der Waals surface area contributed by atoms with Crippen LogP contribution in [0.25, 0.3) is 11.0 Å². The minimum absolute atomic E-state index is 0.0325. The Hall–Kier alpha value is -4.26. The Morgan fingerprint density at radius 1 is 0.909 bits per heavy atom. The fraction of sp³-hybridized carbons (Fsp3) is 0.154. The van der Waals surface area contributed by atoms with Crippen LogP contribution in [0.2, 0.25) is 0 Å². The SMILES string of the molecule is CC[C@@H](C(=O)Nc1c(C(=O)Nc2ccc3c(c2)OCO3)oc2ccccc12)c1ccccc1. The van der Waals surface area contributed by atoms with Crippen LogP contribution in [0.1, 0.15) is 35.4 Å². The van der Waals surface area contributed by atoms with Gasteiger partial charge in [-0.3, -0.25) is 9.59 Å². The Morgan fingerprint density at radius 2 is 1.67 bits per heavy atom. The summed E-state index contributed by atoms with van der Waals surface area (Å²) < 4.78 is 16.6. The lowest BCUT2D eigenvalue weighted by Gasteiger charge is -2.15. The van der Waals surface area contributed by atoms with Crippen molar-refractivity contribution in [1.29, 1.82) is 0 Å². The highest BCUT2D eigenvalue weighted by molar-refractivity contribution is 6.15. The Morgan fingerprint density at radius 3 is 2.48 bits per heavy atom. The number of hydrogen-bond donors (Lipinski definition) is 2. The van der Waals surface area contributed by atoms with Crippen LogP contribution in [0, 0.1) is 0 Å². The van der Waals surface area contributed by atoms with Crippen LogP contribution in [0.3, 0.4) is 0 Å². The largest absolute Gasteiger partial charge is 0.454 e. The van der Waals surface area contributed by atoms with Gasteiger partial charge in [-0.1, -0.05) is 49.4 Å². The van der Waals surface area contributed by atoms with Gasteiger partial charge in [0.25, 0.3) is 5.91 Å². The van der Waals surface area contributed by atoms with Gasteiger partial charge in [0.1, 0.15) is 11.3 Å². The number of benzene rings is 3. The first-order chi connectivity index (χ1) is 16.1. The van der Waals surface area contributed by atoms with E-state index in [9.17, 15) is 9.59 Å². The van der Waals surface area contributed by atoms with Gasteiger partial charge in [-0.15, -0.1) is 0 Å². The highest BCUT2D eigenvalue weighted by Gasteiger charge is 2.26. The quantitative estimate of drug-likeness (QED) is 0.409. The first-order valence-electron chi connectivity index (χ1n) is 10.7. The van der Waals surface area contributed by atoms with Crippen molar-refractivity contribution in [3.05, 3.63) is 84.1 Å². The van der Waals surface area contributed by atoms with E-state index in [1.807, 2.05) is 55.5 Å². The van der Waals surface area contributed by atoms with Crippen LogP contribution in [0.4, 0.5) is 11.4 Å². The summed E-state index contributed by atoms with van der Waals surface area (Å²) in [5.74, 6) is 0.172. The summed E-state index contributed by atoms with van der Waals surface area (Å²) in [4.78, 5) is 26.4. The van der Waals surface area contributed by atoms with Crippen LogP contribution < -0.4 is 20.1 Å². The summed E-state index contributed by atoms with van der Waals surface area (Å²) >= 11 is 0. The summed E-state index contributed by atoms with van der Waals surface area (Å²) in [6.07, 6.45) is 0.615.